The summed E-state index contributed by atoms with van der Waals surface area (Å²) in [5, 5.41) is 33.2. The molecule has 0 amide bonds. The van der Waals surface area contributed by atoms with Crippen molar-refractivity contribution in [2.45, 2.75) is 39.2 Å². The molecule has 0 aliphatic heterocycles. The number of benzene rings is 1. The Bertz CT molecular complexity index is 758. The second-order valence-electron chi connectivity index (χ2n) is 6.23. The van der Waals surface area contributed by atoms with Gasteiger partial charge in [0.15, 0.2) is 0 Å². The Hall–Kier alpha value is -3.17. The predicted octanol–water partition coefficient (Wildman–Crippen LogP) is 1.31. The van der Waals surface area contributed by atoms with Crippen LogP contribution in [0.1, 0.15) is 32.8 Å². The number of rotatable bonds is 4. The van der Waals surface area contributed by atoms with Gasteiger partial charge >= 0.3 is 5.97 Å². The monoisotopic (exact) mass is 344 g/mol. The third-order valence-corrected chi connectivity index (χ3v) is 3.12. The zero-order valence-corrected chi connectivity index (χ0v) is 14.3. The van der Waals surface area contributed by atoms with Crippen molar-refractivity contribution in [2.75, 3.05) is 0 Å². The lowest BCUT2D eigenvalue weighted by molar-refractivity contribution is -0.136. The molecule has 0 saturated carbocycles. The molecule has 0 saturated heterocycles. The van der Waals surface area contributed by atoms with Gasteiger partial charge in [-0.15, -0.1) is 15.3 Å². The van der Waals surface area contributed by atoms with Gasteiger partial charge in [-0.2, -0.15) is 4.80 Å². The number of tetrazole rings is 2. The number of aryl methyl sites for hydroxylation is 1. The zero-order chi connectivity index (χ0) is 18.3. The van der Waals surface area contributed by atoms with E-state index < -0.39 is 5.97 Å². The maximum atomic E-state index is 10.5. The maximum absolute atomic E-state index is 10.5. The molecule has 2 aromatic heterocycles. The first-order valence-corrected chi connectivity index (χ1v) is 7.65. The molecule has 25 heavy (non-hydrogen) atoms. The molecule has 3 rings (SSSR count). The predicted molar refractivity (Wildman–Crippen MR) is 88.4 cm³/mol. The van der Waals surface area contributed by atoms with Gasteiger partial charge in [0.1, 0.15) is 6.33 Å². The highest BCUT2D eigenvalue weighted by Gasteiger charge is 2.17. The van der Waals surface area contributed by atoms with E-state index in [0.717, 1.165) is 11.1 Å². The summed E-state index contributed by atoms with van der Waals surface area (Å²) >= 11 is 0. The highest BCUT2D eigenvalue weighted by molar-refractivity contribution is 5.67. The number of H-pyrrole nitrogens is 1. The Morgan fingerprint density at radius 3 is 2.40 bits per heavy atom. The average Bonchev–Trinajstić information content (AvgIpc) is 3.27. The van der Waals surface area contributed by atoms with Gasteiger partial charge in [0.05, 0.1) is 5.54 Å². The van der Waals surface area contributed by atoms with Gasteiger partial charge in [0.2, 0.25) is 5.82 Å². The Balaban J connectivity index is 0.000000386. The summed E-state index contributed by atoms with van der Waals surface area (Å²) in [7, 11) is 0. The third-order valence-electron chi connectivity index (χ3n) is 3.12. The van der Waals surface area contributed by atoms with Crippen molar-refractivity contribution in [1.82, 2.24) is 40.8 Å². The Morgan fingerprint density at radius 1 is 1.24 bits per heavy atom. The molecule has 0 radical (unpaired) electrons. The molecule has 10 heteroatoms. The van der Waals surface area contributed by atoms with Crippen LogP contribution in [0.15, 0.2) is 30.6 Å². The van der Waals surface area contributed by atoms with Gasteiger partial charge in [-0.05, 0) is 48.4 Å². The van der Waals surface area contributed by atoms with Gasteiger partial charge in [0.25, 0.3) is 0 Å². The first kappa shape index (κ1) is 18.2. The number of hydrogen-bond donors (Lipinski definition) is 2. The van der Waals surface area contributed by atoms with Crippen LogP contribution in [-0.4, -0.2) is 51.9 Å². The van der Waals surface area contributed by atoms with Crippen molar-refractivity contribution < 1.29 is 9.90 Å². The van der Waals surface area contributed by atoms with Crippen molar-refractivity contribution in [1.29, 1.82) is 0 Å². The molecule has 2 heterocycles. The molecule has 3 aromatic rings. The van der Waals surface area contributed by atoms with Gasteiger partial charge in [-0.25, -0.2) is 5.10 Å². The van der Waals surface area contributed by atoms with Crippen LogP contribution in [0.2, 0.25) is 0 Å². The molecule has 0 atom stereocenters. The number of nitrogens with zero attached hydrogens (tertiary/aromatic N) is 7. The summed E-state index contributed by atoms with van der Waals surface area (Å²) in [6.45, 7) is 6.02. The number of carboxylic acids is 1. The normalized spacial score (nSPS) is 10.8. The Labute approximate surface area is 144 Å². The minimum absolute atomic E-state index is 0.137. The Morgan fingerprint density at radius 2 is 1.96 bits per heavy atom. The first-order chi connectivity index (χ1) is 11.9. The van der Waals surface area contributed by atoms with Crippen LogP contribution in [0, 0.1) is 0 Å². The second-order valence-corrected chi connectivity index (χ2v) is 6.23. The van der Waals surface area contributed by atoms with Crippen LogP contribution in [0.3, 0.4) is 0 Å². The van der Waals surface area contributed by atoms with Crippen LogP contribution in [0.25, 0.3) is 11.4 Å². The van der Waals surface area contributed by atoms with Crippen molar-refractivity contribution in [3.05, 3.63) is 36.2 Å². The summed E-state index contributed by atoms with van der Waals surface area (Å²) in [5.41, 5.74) is 1.66. The van der Waals surface area contributed by atoms with Crippen LogP contribution >= 0.6 is 0 Å². The van der Waals surface area contributed by atoms with Gasteiger partial charge in [0, 0.05) is 12.0 Å². The maximum Gasteiger partial charge on any atom is 0.303 e. The quantitative estimate of drug-likeness (QED) is 0.723. The summed E-state index contributed by atoms with van der Waals surface area (Å²) in [5.74, 6) is -0.214. The fourth-order valence-electron chi connectivity index (χ4n) is 1.81. The molecule has 0 bridgehead atoms. The third kappa shape index (κ3) is 5.75. The molecule has 10 nitrogen and oxygen atoms in total. The topological polar surface area (TPSA) is 135 Å². The van der Waals surface area contributed by atoms with E-state index in [9.17, 15) is 4.79 Å². The Kier molecular flexibility index (Phi) is 5.88. The van der Waals surface area contributed by atoms with Crippen molar-refractivity contribution >= 4 is 5.97 Å². The zero-order valence-electron chi connectivity index (χ0n) is 14.3. The molecule has 0 unspecified atom stereocenters. The van der Waals surface area contributed by atoms with E-state index in [1.165, 1.54) is 6.33 Å². The number of aliphatic carboxylic acids is 1. The molecular formula is C15H20N8O2. The number of carbonyl (C=O) groups is 1. The van der Waals surface area contributed by atoms with Gasteiger partial charge < -0.3 is 5.11 Å². The van der Waals surface area contributed by atoms with Crippen molar-refractivity contribution in [2.24, 2.45) is 0 Å². The van der Waals surface area contributed by atoms with Crippen LogP contribution in [0.4, 0.5) is 0 Å². The van der Waals surface area contributed by atoms with Crippen molar-refractivity contribution in [3.8, 4) is 11.4 Å². The molecule has 0 aliphatic carbocycles. The van der Waals surface area contributed by atoms with Gasteiger partial charge in [-0.3, -0.25) is 4.79 Å². The average molecular weight is 344 g/mol. The van der Waals surface area contributed by atoms with E-state index in [4.69, 9.17) is 5.11 Å². The number of carboxylic acid groups (broad SMARTS) is 1. The molecule has 132 valence electrons. The lowest BCUT2D eigenvalue weighted by Crippen LogP contribution is -2.24. The second kappa shape index (κ2) is 8.08. The van der Waals surface area contributed by atoms with E-state index >= 15 is 0 Å². The highest BCUT2D eigenvalue weighted by Crippen LogP contribution is 2.17. The minimum atomic E-state index is -0.788. The summed E-state index contributed by atoms with van der Waals surface area (Å²) in [6.07, 6.45) is 2.07. The number of aromatic nitrogens is 8. The molecule has 0 aliphatic rings. The van der Waals surface area contributed by atoms with E-state index in [0.29, 0.717) is 12.2 Å². The lowest BCUT2D eigenvalue weighted by atomic mass is 10.1. The summed E-state index contributed by atoms with van der Waals surface area (Å²) < 4.78 is 0. The van der Waals surface area contributed by atoms with Crippen LogP contribution < -0.4 is 0 Å². The standard InChI is InChI=1S/C14H18N4O2.CH2N4/c1-14(2,3)18-16-13(15-17-18)11-7-4-10(5-8-11)6-9-12(19)20;1-2-4-5-3-1/h4-5,7-8H,6,9H2,1-3H3,(H,19,20);1H,(H,2,3,4,5). The lowest BCUT2D eigenvalue weighted by Gasteiger charge is -2.15. The van der Waals surface area contributed by atoms with E-state index in [-0.39, 0.29) is 12.0 Å². The van der Waals surface area contributed by atoms with Gasteiger partial charge in [-0.1, -0.05) is 24.3 Å². The largest absolute Gasteiger partial charge is 0.481 e. The minimum Gasteiger partial charge on any atom is -0.481 e. The molecule has 0 spiro atoms. The summed E-state index contributed by atoms with van der Waals surface area (Å²) in [6, 6.07) is 7.58. The summed E-state index contributed by atoms with van der Waals surface area (Å²) in [4.78, 5) is 12.1. The molecule has 2 N–H and O–H groups in total. The number of nitrogens with one attached hydrogen (secondary N) is 1. The first-order valence-electron chi connectivity index (χ1n) is 7.65. The van der Waals surface area contributed by atoms with E-state index in [1.54, 1.807) is 4.80 Å². The fraction of sp³-hybridized carbons (Fsp3) is 0.400. The number of aromatic amines is 1. The SMILES string of the molecule is CC(C)(C)n1nnc(-c2ccc(CCC(=O)O)cc2)n1.c1nnn[nH]1. The van der Waals surface area contributed by atoms with E-state index in [1.807, 2.05) is 45.0 Å². The molecular weight excluding hydrogens is 324 g/mol. The molecule has 0 fully saturated rings. The van der Waals surface area contributed by atoms with Crippen LogP contribution in [-0.2, 0) is 16.8 Å². The molecule has 1 aromatic carbocycles. The van der Waals surface area contributed by atoms with Crippen molar-refractivity contribution in [3.63, 3.8) is 0 Å². The van der Waals surface area contributed by atoms with Crippen LogP contribution in [0.5, 0.6) is 0 Å². The number of hydrogen-bond acceptors (Lipinski definition) is 7. The van der Waals surface area contributed by atoms with E-state index in [2.05, 4.69) is 36.0 Å². The highest BCUT2D eigenvalue weighted by atomic mass is 16.4. The fourth-order valence-corrected chi connectivity index (χ4v) is 1.81. The smallest absolute Gasteiger partial charge is 0.303 e.